The molecule has 2 N–H and O–H groups in total. The summed E-state index contributed by atoms with van der Waals surface area (Å²) in [6, 6.07) is 0. The Kier molecular flexibility index (Phi) is 11.3. The molecule has 0 aromatic heterocycles. The van der Waals surface area contributed by atoms with Gasteiger partial charge in [-0.3, -0.25) is 19.4 Å². The van der Waals surface area contributed by atoms with Crippen molar-refractivity contribution in [2.45, 2.75) is 0 Å². The molecule has 0 rings (SSSR count). The minimum atomic E-state index is -1.49. The van der Waals surface area contributed by atoms with Crippen molar-refractivity contribution in [2.75, 3.05) is 39.3 Å². The molecule has 0 spiro atoms. The number of nitrogens with zero attached hydrogens (tertiary/aromatic N) is 2. The number of carbonyl (C=O) groups excluding carboxylic acids is 2. The van der Waals surface area contributed by atoms with E-state index < -0.39 is 50.1 Å². The second-order valence-electron chi connectivity index (χ2n) is 3.95. The summed E-state index contributed by atoms with van der Waals surface area (Å²) in [4.78, 5) is 43.9. The van der Waals surface area contributed by atoms with Gasteiger partial charge in [-0.2, -0.15) is 0 Å². The summed E-state index contributed by atoms with van der Waals surface area (Å²) in [5.41, 5.74) is 0. The Morgan fingerprint density at radius 3 is 1.19 bits per heavy atom. The fourth-order valence-electron chi connectivity index (χ4n) is 1.46. The molecule has 1 radical (unpaired) electrons. The molecule has 0 aromatic rings. The smallest absolute Gasteiger partial charge is 0.317 e. The molecule has 0 aliphatic heterocycles. The standard InChI is InChI=1S/C10H16N2O8.Co/c13-7(14)3-11(4-8(15)16)1-2-12(5-9(17)18)6-10(19)20;/h1-6H2,(H,13,14)(H,15,16)(H,17,18)(H,19,20);/p-2. The van der Waals surface area contributed by atoms with E-state index in [1.807, 2.05) is 0 Å². The normalized spacial score (nSPS) is 10.2. The van der Waals surface area contributed by atoms with Gasteiger partial charge in [-0.1, -0.05) is 0 Å². The Hall–Kier alpha value is -1.69. The molecular formula is C10H14CoN2O8-2. The van der Waals surface area contributed by atoms with Gasteiger partial charge in [-0.15, -0.1) is 0 Å². The third kappa shape index (κ3) is 13.1. The van der Waals surface area contributed by atoms with Crippen LogP contribution in [-0.2, 0) is 36.0 Å². The van der Waals surface area contributed by atoms with Crippen molar-refractivity contribution in [3.8, 4) is 0 Å². The topological polar surface area (TPSA) is 161 Å². The largest absolute Gasteiger partial charge is 0.549 e. The first-order valence-corrected chi connectivity index (χ1v) is 5.48. The summed E-state index contributed by atoms with van der Waals surface area (Å²) in [6.45, 7) is -2.75. The van der Waals surface area contributed by atoms with Crippen molar-refractivity contribution in [3.05, 3.63) is 0 Å². The van der Waals surface area contributed by atoms with Crippen molar-refractivity contribution < 1.29 is 56.4 Å². The van der Waals surface area contributed by atoms with Gasteiger partial charge in [0.05, 0.1) is 25.0 Å². The molecule has 10 nitrogen and oxygen atoms in total. The van der Waals surface area contributed by atoms with Crippen LogP contribution in [0.1, 0.15) is 0 Å². The summed E-state index contributed by atoms with van der Waals surface area (Å²) < 4.78 is 0. The molecule has 0 fully saturated rings. The minimum Gasteiger partial charge on any atom is -0.549 e. The molecular weight excluding hydrogens is 335 g/mol. The van der Waals surface area contributed by atoms with Gasteiger partial charge in [0.1, 0.15) is 0 Å². The molecule has 0 aliphatic carbocycles. The SMILES string of the molecule is O=C([O-])CN(CCN(CC(=O)[O-])CC(=O)O)CC(=O)O.[Co]. The number of aliphatic carboxylic acids is 4. The zero-order valence-corrected chi connectivity index (χ0v) is 11.9. The molecule has 0 saturated carbocycles. The van der Waals surface area contributed by atoms with Crippen LogP contribution in [0.5, 0.6) is 0 Å². The third-order valence-corrected chi connectivity index (χ3v) is 2.16. The van der Waals surface area contributed by atoms with Crippen LogP contribution in [0.2, 0.25) is 0 Å². The van der Waals surface area contributed by atoms with E-state index >= 15 is 0 Å². The molecule has 0 atom stereocenters. The summed E-state index contributed by atoms with van der Waals surface area (Å²) in [7, 11) is 0. The molecule has 11 heteroatoms. The molecule has 0 amide bonds. The number of hydrogen-bond acceptors (Lipinski definition) is 8. The van der Waals surface area contributed by atoms with Crippen LogP contribution in [-0.4, -0.2) is 83.2 Å². The van der Waals surface area contributed by atoms with Crippen LogP contribution >= 0.6 is 0 Å². The maximum absolute atomic E-state index is 10.5. The maximum atomic E-state index is 10.5. The average molecular weight is 349 g/mol. The minimum absolute atomic E-state index is 0. The Bertz CT molecular complexity index is 321. The summed E-state index contributed by atoms with van der Waals surface area (Å²) in [5, 5.41) is 38.0. The second kappa shape index (κ2) is 11.0. The van der Waals surface area contributed by atoms with Crippen LogP contribution < -0.4 is 10.2 Å². The number of carbonyl (C=O) groups is 4. The van der Waals surface area contributed by atoms with Gasteiger partial charge in [0.25, 0.3) is 0 Å². The Morgan fingerprint density at radius 1 is 0.714 bits per heavy atom. The van der Waals surface area contributed by atoms with Crippen molar-refractivity contribution in [1.82, 2.24) is 9.80 Å². The van der Waals surface area contributed by atoms with Crippen molar-refractivity contribution in [1.29, 1.82) is 0 Å². The second-order valence-corrected chi connectivity index (χ2v) is 3.95. The molecule has 0 aliphatic rings. The van der Waals surface area contributed by atoms with Gasteiger partial charge in [-0.25, -0.2) is 0 Å². The van der Waals surface area contributed by atoms with Gasteiger partial charge >= 0.3 is 11.9 Å². The van der Waals surface area contributed by atoms with E-state index in [0.717, 1.165) is 9.80 Å². The first kappa shape index (κ1) is 21.6. The van der Waals surface area contributed by atoms with Crippen molar-refractivity contribution in [2.24, 2.45) is 0 Å². The van der Waals surface area contributed by atoms with E-state index in [-0.39, 0.29) is 29.9 Å². The van der Waals surface area contributed by atoms with Gasteiger partial charge in [-0.05, 0) is 0 Å². The molecule has 0 saturated heterocycles. The summed E-state index contributed by atoms with van der Waals surface area (Å²) >= 11 is 0. The zero-order chi connectivity index (χ0) is 15.7. The summed E-state index contributed by atoms with van der Waals surface area (Å²) in [5.74, 6) is -5.52. The monoisotopic (exact) mass is 349 g/mol. The van der Waals surface area contributed by atoms with E-state index in [0.29, 0.717) is 0 Å². The number of hydrogen-bond donors (Lipinski definition) is 2. The number of rotatable bonds is 11. The van der Waals surface area contributed by atoms with Crippen LogP contribution in [0, 0.1) is 0 Å². The van der Waals surface area contributed by atoms with Crippen LogP contribution in [0.25, 0.3) is 0 Å². The predicted octanol–water partition coefficient (Wildman–Crippen LogP) is -4.74. The fourth-order valence-corrected chi connectivity index (χ4v) is 1.46. The van der Waals surface area contributed by atoms with E-state index in [4.69, 9.17) is 10.2 Å². The first-order valence-electron chi connectivity index (χ1n) is 5.48. The first-order chi connectivity index (χ1) is 9.20. The molecule has 21 heavy (non-hydrogen) atoms. The average Bonchev–Trinajstić information content (AvgIpc) is 2.22. The fraction of sp³-hybridized carbons (Fsp3) is 0.600. The Balaban J connectivity index is 0. The zero-order valence-electron chi connectivity index (χ0n) is 10.8. The molecule has 0 bridgehead atoms. The van der Waals surface area contributed by atoms with Crippen molar-refractivity contribution >= 4 is 23.9 Å². The molecule has 0 heterocycles. The van der Waals surface area contributed by atoms with E-state index in [1.165, 1.54) is 0 Å². The van der Waals surface area contributed by atoms with E-state index in [1.54, 1.807) is 0 Å². The molecule has 123 valence electrons. The predicted molar refractivity (Wildman–Crippen MR) is 58.2 cm³/mol. The number of carboxylic acids is 4. The van der Waals surface area contributed by atoms with E-state index in [9.17, 15) is 29.4 Å². The Morgan fingerprint density at radius 2 is 1.00 bits per heavy atom. The van der Waals surface area contributed by atoms with Crippen molar-refractivity contribution in [3.63, 3.8) is 0 Å². The van der Waals surface area contributed by atoms with Gasteiger partial charge in [0.2, 0.25) is 0 Å². The van der Waals surface area contributed by atoms with Crippen LogP contribution in [0.4, 0.5) is 0 Å². The molecule has 0 aromatic carbocycles. The van der Waals surface area contributed by atoms with Gasteiger partial charge in [0.15, 0.2) is 0 Å². The Labute approximate surface area is 130 Å². The summed E-state index contributed by atoms with van der Waals surface area (Å²) in [6.07, 6.45) is 0. The number of carboxylic acid groups (broad SMARTS) is 4. The quantitative estimate of drug-likeness (QED) is 0.370. The van der Waals surface area contributed by atoms with Gasteiger partial charge in [0, 0.05) is 43.0 Å². The third-order valence-electron chi connectivity index (χ3n) is 2.16. The van der Waals surface area contributed by atoms with E-state index in [2.05, 4.69) is 0 Å². The van der Waals surface area contributed by atoms with Crippen LogP contribution in [0.3, 0.4) is 0 Å². The molecule has 0 unspecified atom stereocenters. The van der Waals surface area contributed by atoms with Gasteiger partial charge < -0.3 is 30.0 Å². The van der Waals surface area contributed by atoms with Crippen LogP contribution in [0.15, 0.2) is 0 Å². The maximum Gasteiger partial charge on any atom is 0.317 e.